The summed E-state index contributed by atoms with van der Waals surface area (Å²) in [6.07, 6.45) is 5.89. The molecule has 2 heterocycles. The van der Waals surface area contributed by atoms with Crippen LogP contribution in [0.1, 0.15) is 37.4 Å². The summed E-state index contributed by atoms with van der Waals surface area (Å²) >= 11 is 0. The predicted molar refractivity (Wildman–Crippen MR) is 131 cm³/mol. The van der Waals surface area contributed by atoms with Gasteiger partial charge in [0, 0.05) is 31.0 Å². The highest BCUT2D eigenvalue weighted by molar-refractivity contribution is 6.46. The lowest BCUT2D eigenvalue weighted by molar-refractivity contribution is -0.139. The molecule has 1 aliphatic rings. The van der Waals surface area contributed by atoms with Crippen molar-refractivity contribution in [3.63, 3.8) is 0 Å². The molecule has 0 radical (unpaired) electrons. The fraction of sp³-hybridized carbons (Fsp3) is 0.296. The molecular weight excluding hydrogens is 446 g/mol. The molecule has 182 valence electrons. The topological polar surface area (TPSA) is 93.9 Å². The van der Waals surface area contributed by atoms with Crippen molar-refractivity contribution in [3.8, 4) is 11.5 Å². The van der Waals surface area contributed by atoms with Gasteiger partial charge in [0.15, 0.2) is 0 Å². The molecule has 35 heavy (non-hydrogen) atoms. The van der Waals surface area contributed by atoms with Crippen LogP contribution in [0.4, 0.5) is 0 Å². The molecule has 2 aromatic carbocycles. The number of rotatable bonds is 9. The molecule has 0 bridgehead atoms. The molecule has 1 amide bonds. The number of imidazole rings is 1. The lowest BCUT2D eigenvalue weighted by Crippen LogP contribution is -2.31. The average molecular weight is 476 g/mol. The van der Waals surface area contributed by atoms with E-state index in [-0.39, 0.29) is 17.4 Å². The number of aliphatic hydroxyl groups is 1. The van der Waals surface area contributed by atoms with E-state index < -0.39 is 17.7 Å². The third-order valence-electron chi connectivity index (χ3n) is 5.85. The van der Waals surface area contributed by atoms with E-state index in [9.17, 15) is 14.7 Å². The fourth-order valence-electron chi connectivity index (χ4n) is 4.21. The molecule has 8 heteroatoms. The average Bonchev–Trinajstić information content (AvgIpc) is 3.46. The van der Waals surface area contributed by atoms with Gasteiger partial charge in [-0.05, 0) is 62.2 Å². The standard InChI is InChI=1S/C27H29N3O5/c1-18(2)35-22-11-7-20(8-12-22)25(31)23-24(19-5-9-21(34-3)10-6-19)30(27(33)26(23)32)15-4-14-29-16-13-28-17-29/h5-13,16-18,24,31H,4,14-15H2,1-3H3/t24-/m0/s1. The van der Waals surface area contributed by atoms with Gasteiger partial charge in [0.25, 0.3) is 11.7 Å². The van der Waals surface area contributed by atoms with Crippen molar-refractivity contribution in [2.75, 3.05) is 13.7 Å². The van der Waals surface area contributed by atoms with Crippen molar-refractivity contribution in [1.29, 1.82) is 0 Å². The summed E-state index contributed by atoms with van der Waals surface area (Å²) in [6, 6.07) is 13.3. The van der Waals surface area contributed by atoms with Crippen LogP contribution in [0.5, 0.6) is 11.5 Å². The zero-order chi connectivity index (χ0) is 24.9. The monoisotopic (exact) mass is 475 g/mol. The minimum atomic E-state index is -0.713. The van der Waals surface area contributed by atoms with Crippen LogP contribution in [0.15, 0.2) is 72.8 Å². The molecule has 0 saturated carbocycles. The van der Waals surface area contributed by atoms with Crippen LogP contribution >= 0.6 is 0 Å². The van der Waals surface area contributed by atoms with Gasteiger partial charge in [-0.25, -0.2) is 4.98 Å². The summed E-state index contributed by atoms with van der Waals surface area (Å²) in [5, 5.41) is 11.2. The first kappa shape index (κ1) is 24.1. The van der Waals surface area contributed by atoms with Crippen LogP contribution in [-0.2, 0) is 16.1 Å². The number of ketones is 1. The summed E-state index contributed by atoms with van der Waals surface area (Å²) in [4.78, 5) is 31.8. The minimum Gasteiger partial charge on any atom is -0.507 e. The molecular formula is C27H29N3O5. The Morgan fingerprint density at radius 1 is 1.03 bits per heavy atom. The van der Waals surface area contributed by atoms with Gasteiger partial charge in [0.1, 0.15) is 17.3 Å². The number of Topliss-reactive ketones (excluding diaryl/α,β-unsaturated/α-hetero) is 1. The zero-order valence-electron chi connectivity index (χ0n) is 20.0. The number of aryl methyl sites for hydroxylation is 1. The Labute approximate surface area is 204 Å². The Bertz CT molecular complexity index is 1200. The molecule has 1 saturated heterocycles. The molecule has 0 spiro atoms. The number of methoxy groups -OCH3 is 1. The van der Waals surface area contributed by atoms with Gasteiger partial charge in [-0.3, -0.25) is 9.59 Å². The number of carbonyl (C=O) groups excluding carboxylic acids is 2. The minimum absolute atomic E-state index is 0.0113. The van der Waals surface area contributed by atoms with E-state index in [0.29, 0.717) is 42.1 Å². The summed E-state index contributed by atoms with van der Waals surface area (Å²) in [7, 11) is 1.57. The first-order chi connectivity index (χ1) is 16.9. The molecule has 1 fully saturated rings. The number of carbonyl (C=O) groups is 2. The maximum Gasteiger partial charge on any atom is 0.295 e. The van der Waals surface area contributed by atoms with Gasteiger partial charge < -0.3 is 24.0 Å². The smallest absolute Gasteiger partial charge is 0.295 e. The number of hydrogen-bond acceptors (Lipinski definition) is 6. The van der Waals surface area contributed by atoms with E-state index in [1.54, 1.807) is 56.0 Å². The van der Waals surface area contributed by atoms with E-state index in [1.807, 2.05) is 36.7 Å². The normalized spacial score (nSPS) is 17.3. The third-order valence-corrected chi connectivity index (χ3v) is 5.85. The van der Waals surface area contributed by atoms with Crippen molar-refractivity contribution in [2.24, 2.45) is 0 Å². The van der Waals surface area contributed by atoms with E-state index >= 15 is 0 Å². The van der Waals surface area contributed by atoms with Gasteiger partial charge >= 0.3 is 0 Å². The number of aliphatic hydroxyl groups excluding tert-OH is 1. The number of likely N-dealkylation sites (tertiary alicyclic amines) is 1. The summed E-state index contributed by atoms with van der Waals surface area (Å²) < 4.78 is 12.8. The Hall–Kier alpha value is -4.07. The van der Waals surface area contributed by atoms with E-state index in [1.165, 1.54) is 4.90 Å². The SMILES string of the molecule is COc1ccc([C@H]2C(=C(O)c3ccc(OC(C)C)cc3)C(=O)C(=O)N2CCCn2ccnc2)cc1. The second-order valence-electron chi connectivity index (χ2n) is 8.61. The molecule has 0 unspecified atom stereocenters. The number of ether oxygens (including phenoxy) is 2. The van der Waals surface area contributed by atoms with Crippen molar-refractivity contribution < 1.29 is 24.2 Å². The molecule has 1 atom stereocenters. The van der Waals surface area contributed by atoms with Crippen molar-refractivity contribution in [1.82, 2.24) is 14.5 Å². The lowest BCUT2D eigenvalue weighted by Gasteiger charge is -2.25. The highest BCUT2D eigenvalue weighted by atomic mass is 16.5. The molecule has 1 N–H and O–H groups in total. The van der Waals surface area contributed by atoms with Crippen LogP contribution in [-0.4, -0.2) is 51.0 Å². The second-order valence-corrected chi connectivity index (χ2v) is 8.61. The predicted octanol–water partition coefficient (Wildman–Crippen LogP) is 4.19. The van der Waals surface area contributed by atoms with E-state index in [2.05, 4.69) is 4.98 Å². The zero-order valence-corrected chi connectivity index (χ0v) is 20.0. The van der Waals surface area contributed by atoms with E-state index in [4.69, 9.17) is 9.47 Å². The van der Waals surface area contributed by atoms with Crippen LogP contribution < -0.4 is 9.47 Å². The molecule has 0 aliphatic carbocycles. The third kappa shape index (κ3) is 5.21. The van der Waals surface area contributed by atoms with Crippen LogP contribution in [0.25, 0.3) is 5.76 Å². The van der Waals surface area contributed by atoms with Crippen molar-refractivity contribution >= 4 is 17.4 Å². The first-order valence-electron chi connectivity index (χ1n) is 11.5. The highest BCUT2D eigenvalue weighted by Gasteiger charge is 2.45. The molecule has 1 aliphatic heterocycles. The molecule has 3 aromatic rings. The summed E-state index contributed by atoms with van der Waals surface area (Å²) in [5.41, 5.74) is 1.23. The number of amides is 1. The van der Waals surface area contributed by atoms with Gasteiger partial charge in [-0.2, -0.15) is 0 Å². The molecule has 4 rings (SSSR count). The largest absolute Gasteiger partial charge is 0.507 e. The number of nitrogens with zero attached hydrogens (tertiary/aromatic N) is 3. The lowest BCUT2D eigenvalue weighted by atomic mass is 9.95. The van der Waals surface area contributed by atoms with Crippen LogP contribution in [0.2, 0.25) is 0 Å². The van der Waals surface area contributed by atoms with Crippen molar-refractivity contribution in [2.45, 2.75) is 39.0 Å². The quantitative estimate of drug-likeness (QED) is 0.283. The van der Waals surface area contributed by atoms with E-state index in [0.717, 1.165) is 0 Å². The summed E-state index contributed by atoms with van der Waals surface area (Å²) in [5.74, 6) is -0.224. The van der Waals surface area contributed by atoms with Gasteiger partial charge in [0.05, 0.1) is 31.2 Å². The van der Waals surface area contributed by atoms with Gasteiger partial charge in [0.2, 0.25) is 0 Å². The Morgan fingerprint density at radius 2 is 1.71 bits per heavy atom. The first-order valence-corrected chi connectivity index (χ1v) is 11.5. The summed E-state index contributed by atoms with van der Waals surface area (Å²) in [6.45, 7) is 4.85. The Kier molecular flexibility index (Phi) is 7.19. The number of benzene rings is 2. The van der Waals surface area contributed by atoms with Crippen LogP contribution in [0.3, 0.4) is 0 Å². The van der Waals surface area contributed by atoms with Crippen molar-refractivity contribution in [3.05, 3.63) is 84.0 Å². The Balaban J connectivity index is 1.69. The van der Waals surface area contributed by atoms with Crippen LogP contribution in [0, 0.1) is 0 Å². The molecule has 8 nitrogen and oxygen atoms in total. The van der Waals surface area contributed by atoms with Gasteiger partial charge in [-0.15, -0.1) is 0 Å². The highest BCUT2D eigenvalue weighted by Crippen LogP contribution is 2.40. The fourth-order valence-corrected chi connectivity index (χ4v) is 4.21. The number of hydrogen-bond donors (Lipinski definition) is 1. The number of aromatic nitrogens is 2. The maximum absolute atomic E-state index is 13.2. The maximum atomic E-state index is 13.2. The Morgan fingerprint density at radius 3 is 2.31 bits per heavy atom. The second kappa shape index (κ2) is 10.5. The molecule has 1 aromatic heterocycles. The van der Waals surface area contributed by atoms with Gasteiger partial charge in [-0.1, -0.05) is 12.1 Å².